The molecule has 1 aromatic rings. The van der Waals surface area contributed by atoms with Gasteiger partial charge < -0.3 is 20.1 Å². The number of carbonyl (C=O) groups is 2. The summed E-state index contributed by atoms with van der Waals surface area (Å²) in [4.78, 5) is 22.5. The van der Waals surface area contributed by atoms with Crippen LogP contribution < -0.4 is 10.6 Å². The first-order valence-electron chi connectivity index (χ1n) is 7.64. The van der Waals surface area contributed by atoms with Gasteiger partial charge in [-0.2, -0.15) is 0 Å². The Kier molecular flexibility index (Phi) is 7.30. The van der Waals surface area contributed by atoms with E-state index in [0.29, 0.717) is 29.7 Å². The number of hydrogen-bond donors (Lipinski definition) is 2. The largest absolute Gasteiger partial charge is 0.456 e. The molecule has 2 N–H and O–H groups in total. The molecular formula is C16H20Cl2N2O4. The number of rotatable bonds is 5. The van der Waals surface area contributed by atoms with Crippen molar-refractivity contribution in [3.63, 3.8) is 0 Å². The maximum absolute atomic E-state index is 11.7. The van der Waals surface area contributed by atoms with Crippen LogP contribution in [0.3, 0.4) is 0 Å². The lowest BCUT2D eigenvalue weighted by molar-refractivity contribution is -0.146. The number of esters is 1. The minimum atomic E-state index is -0.488. The molecule has 1 fully saturated rings. The molecule has 0 spiro atoms. The third-order valence-electron chi connectivity index (χ3n) is 3.65. The molecule has 6 nitrogen and oxygen atoms in total. The SMILES string of the molecule is CC(=O)OCC(=O)NCC1CNCCOC1c1ccc(Cl)c(Cl)c1. The van der Waals surface area contributed by atoms with Gasteiger partial charge in [0.1, 0.15) is 0 Å². The van der Waals surface area contributed by atoms with E-state index in [1.807, 2.05) is 6.07 Å². The van der Waals surface area contributed by atoms with Crippen molar-refractivity contribution in [3.05, 3.63) is 33.8 Å². The second kappa shape index (κ2) is 9.22. The van der Waals surface area contributed by atoms with Crippen molar-refractivity contribution in [3.8, 4) is 0 Å². The van der Waals surface area contributed by atoms with E-state index >= 15 is 0 Å². The van der Waals surface area contributed by atoms with Gasteiger partial charge in [-0.1, -0.05) is 29.3 Å². The molecule has 0 bridgehead atoms. The molecule has 132 valence electrons. The lowest BCUT2D eigenvalue weighted by Crippen LogP contribution is -2.38. The summed E-state index contributed by atoms with van der Waals surface area (Å²) in [7, 11) is 0. The number of benzene rings is 1. The van der Waals surface area contributed by atoms with Crippen LogP contribution in [-0.2, 0) is 19.1 Å². The summed E-state index contributed by atoms with van der Waals surface area (Å²) in [5, 5.41) is 6.99. The fourth-order valence-electron chi connectivity index (χ4n) is 2.49. The van der Waals surface area contributed by atoms with E-state index in [2.05, 4.69) is 15.4 Å². The molecule has 2 rings (SSSR count). The fourth-order valence-corrected chi connectivity index (χ4v) is 2.80. The summed E-state index contributed by atoms with van der Waals surface area (Å²) in [6.45, 7) is 3.33. The van der Waals surface area contributed by atoms with Crippen molar-refractivity contribution in [2.24, 2.45) is 5.92 Å². The van der Waals surface area contributed by atoms with Crippen LogP contribution in [0.2, 0.25) is 10.0 Å². The normalized spacial score (nSPS) is 21.0. The zero-order valence-electron chi connectivity index (χ0n) is 13.3. The monoisotopic (exact) mass is 374 g/mol. The smallest absolute Gasteiger partial charge is 0.303 e. The van der Waals surface area contributed by atoms with E-state index in [-0.39, 0.29) is 24.5 Å². The van der Waals surface area contributed by atoms with E-state index in [9.17, 15) is 9.59 Å². The molecule has 1 aliphatic heterocycles. The number of nitrogens with one attached hydrogen (secondary N) is 2. The Balaban J connectivity index is 2.02. The highest BCUT2D eigenvalue weighted by Crippen LogP contribution is 2.31. The molecule has 1 aliphatic rings. The minimum absolute atomic E-state index is 0.00557. The van der Waals surface area contributed by atoms with Gasteiger partial charge in [0.25, 0.3) is 5.91 Å². The van der Waals surface area contributed by atoms with Gasteiger partial charge in [0, 0.05) is 32.5 Å². The van der Waals surface area contributed by atoms with Gasteiger partial charge in [-0.15, -0.1) is 0 Å². The van der Waals surface area contributed by atoms with E-state index in [0.717, 1.165) is 12.1 Å². The number of hydrogen-bond acceptors (Lipinski definition) is 5. The maximum Gasteiger partial charge on any atom is 0.303 e. The van der Waals surface area contributed by atoms with Crippen molar-refractivity contribution in [2.75, 3.05) is 32.8 Å². The summed E-state index contributed by atoms with van der Waals surface area (Å²) in [6.07, 6.45) is -0.219. The van der Waals surface area contributed by atoms with Crippen molar-refractivity contribution in [1.29, 1.82) is 0 Å². The Morgan fingerprint density at radius 1 is 1.38 bits per heavy atom. The summed E-state index contributed by atoms with van der Waals surface area (Å²) in [6, 6.07) is 5.39. The van der Waals surface area contributed by atoms with Crippen molar-refractivity contribution < 1.29 is 19.1 Å². The predicted molar refractivity (Wildman–Crippen MR) is 91.2 cm³/mol. The Morgan fingerprint density at radius 3 is 2.88 bits per heavy atom. The zero-order chi connectivity index (χ0) is 17.5. The molecule has 2 unspecified atom stereocenters. The van der Waals surface area contributed by atoms with Gasteiger partial charge in [0.2, 0.25) is 0 Å². The Hall–Kier alpha value is -1.34. The Bertz CT molecular complexity index is 597. The Morgan fingerprint density at radius 2 is 2.17 bits per heavy atom. The van der Waals surface area contributed by atoms with E-state index in [4.69, 9.17) is 27.9 Å². The lowest BCUT2D eigenvalue weighted by Gasteiger charge is -2.25. The van der Waals surface area contributed by atoms with Gasteiger partial charge in [-0.05, 0) is 17.7 Å². The van der Waals surface area contributed by atoms with Gasteiger partial charge in [-0.3, -0.25) is 9.59 Å². The topological polar surface area (TPSA) is 76.7 Å². The molecule has 0 aliphatic carbocycles. The van der Waals surface area contributed by atoms with E-state index in [1.165, 1.54) is 6.92 Å². The quantitative estimate of drug-likeness (QED) is 0.770. The average Bonchev–Trinajstić information content (AvgIpc) is 2.79. The molecule has 2 atom stereocenters. The molecule has 8 heteroatoms. The average molecular weight is 375 g/mol. The third kappa shape index (κ3) is 5.63. The van der Waals surface area contributed by atoms with Crippen molar-refractivity contribution in [1.82, 2.24) is 10.6 Å². The second-order valence-corrected chi connectivity index (χ2v) is 6.33. The summed E-state index contributed by atoms with van der Waals surface area (Å²) in [5.41, 5.74) is 0.910. The van der Waals surface area contributed by atoms with E-state index < -0.39 is 5.97 Å². The number of carbonyl (C=O) groups excluding carboxylic acids is 2. The van der Waals surface area contributed by atoms with Crippen LogP contribution in [0.15, 0.2) is 18.2 Å². The van der Waals surface area contributed by atoms with E-state index in [1.54, 1.807) is 12.1 Å². The number of ether oxygens (including phenoxy) is 2. The first-order chi connectivity index (χ1) is 11.5. The van der Waals surface area contributed by atoms with Crippen molar-refractivity contribution in [2.45, 2.75) is 13.0 Å². The van der Waals surface area contributed by atoms with Crippen LogP contribution >= 0.6 is 23.2 Å². The molecule has 24 heavy (non-hydrogen) atoms. The van der Waals surface area contributed by atoms with Gasteiger partial charge in [0.15, 0.2) is 6.61 Å². The molecule has 0 radical (unpaired) electrons. The molecule has 1 aromatic carbocycles. The predicted octanol–water partition coefficient (Wildman–Crippen LogP) is 1.95. The summed E-state index contributed by atoms with van der Waals surface area (Å²) >= 11 is 12.1. The van der Waals surface area contributed by atoms with Crippen LogP contribution in [0.5, 0.6) is 0 Å². The van der Waals surface area contributed by atoms with Crippen LogP contribution in [0.25, 0.3) is 0 Å². The third-order valence-corrected chi connectivity index (χ3v) is 4.39. The summed E-state index contributed by atoms with van der Waals surface area (Å²) < 4.78 is 10.6. The molecule has 0 aromatic heterocycles. The van der Waals surface area contributed by atoms with Crippen LogP contribution in [-0.4, -0.2) is 44.7 Å². The minimum Gasteiger partial charge on any atom is -0.456 e. The number of halogens is 2. The highest BCUT2D eigenvalue weighted by atomic mass is 35.5. The maximum atomic E-state index is 11.7. The summed E-state index contributed by atoms with van der Waals surface area (Å²) in [5.74, 6) is -0.827. The molecule has 1 heterocycles. The fraction of sp³-hybridized carbons (Fsp3) is 0.500. The number of amides is 1. The van der Waals surface area contributed by atoms with Gasteiger partial charge in [-0.25, -0.2) is 0 Å². The highest BCUT2D eigenvalue weighted by molar-refractivity contribution is 6.42. The molecular weight excluding hydrogens is 355 g/mol. The standard InChI is InChI=1S/C16H20Cl2N2O4/c1-10(21)24-9-15(22)20-8-12-7-19-4-5-23-16(12)11-2-3-13(17)14(18)6-11/h2-3,6,12,16,19H,4-5,7-9H2,1H3,(H,20,22). The molecule has 1 amide bonds. The van der Waals surface area contributed by atoms with Gasteiger partial charge in [0.05, 0.1) is 22.8 Å². The van der Waals surface area contributed by atoms with Crippen molar-refractivity contribution >= 4 is 35.1 Å². The highest BCUT2D eigenvalue weighted by Gasteiger charge is 2.27. The zero-order valence-corrected chi connectivity index (χ0v) is 14.8. The van der Waals surface area contributed by atoms with Crippen LogP contribution in [0, 0.1) is 5.92 Å². The Labute approximate surface area is 150 Å². The molecule has 0 saturated carbocycles. The first kappa shape index (κ1) is 19.0. The second-order valence-electron chi connectivity index (χ2n) is 5.51. The first-order valence-corrected chi connectivity index (χ1v) is 8.40. The van der Waals surface area contributed by atoms with Crippen LogP contribution in [0.4, 0.5) is 0 Å². The molecule has 1 saturated heterocycles. The van der Waals surface area contributed by atoms with Gasteiger partial charge >= 0.3 is 5.97 Å². The van der Waals surface area contributed by atoms with Crippen LogP contribution in [0.1, 0.15) is 18.6 Å². The lowest BCUT2D eigenvalue weighted by atomic mass is 9.95.